The Bertz CT molecular complexity index is 1700. The molecule has 0 radical (unpaired) electrons. The van der Waals surface area contributed by atoms with Gasteiger partial charge in [-0.05, 0) is 67.5 Å². The van der Waals surface area contributed by atoms with Crippen LogP contribution in [-0.4, -0.2) is 33.1 Å². The first kappa shape index (κ1) is 27.7. The van der Waals surface area contributed by atoms with Gasteiger partial charge in [0.2, 0.25) is 0 Å². The standard InChI is InChI=1S/C32H27ClN4O4/c1-3-4-14-41-29-13-12-22(17-28(29)33)30-23(19-37(35-30)24-9-6-5-7-10-24)16-26-21(2)27(18-34)32(39)36(31(26)38)20-25-11-8-15-40-25/h5-13,15-17,19H,3-4,14,20H2,1-2H3/b26-16+. The smallest absolute Gasteiger partial charge is 0.272 e. The largest absolute Gasteiger partial charge is 0.492 e. The second kappa shape index (κ2) is 12.1. The lowest BCUT2D eigenvalue weighted by atomic mass is 9.93. The van der Waals surface area contributed by atoms with Crippen LogP contribution in [0.25, 0.3) is 23.0 Å². The van der Waals surface area contributed by atoms with Gasteiger partial charge in [-0.3, -0.25) is 14.5 Å². The van der Waals surface area contributed by atoms with Crippen molar-refractivity contribution in [2.45, 2.75) is 33.2 Å². The minimum atomic E-state index is -0.658. The summed E-state index contributed by atoms with van der Waals surface area (Å²) in [6.45, 7) is 4.17. The summed E-state index contributed by atoms with van der Waals surface area (Å²) in [6, 6.07) is 20.3. The zero-order valence-electron chi connectivity index (χ0n) is 22.6. The zero-order valence-corrected chi connectivity index (χ0v) is 23.4. The Hall–Kier alpha value is -4.87. The molecule has 1 aliphatic rings. The summed E-state index contributed by atoms with van der Waals surface area (Å²) in [4.78, 5) is 27.8. The Kier molecular flexibility index (Phi) is 8.18. The highest BCUT2D eigenvalue weighted by Gasteiger charge is 2.36. The maximum absolute atomic E-state index is 13.7. The van der Waals surface area contributed by atoms with Crippen LogP contribution in [0.3, 0.4) is 0 Å². The van der Waals surface area contributed by atoms with Crippen LogP contribution < -0.4 is 4.74 Å². The van der Waals surface area contributed by atoms with E-state index in [1.807, 2.05) is 42.5 Å². The molecule has 1 aliphatic heterocycles. The van der Waals surface area contributed by atoms with Crippen LogP contribution in [0, 0.1) is 11.3 Å². The van der Waals surface area contributed by atoms with Crippen LogP contribution in [0.1, 0.15) is 38.0 Å². The number of carbonyl (C=O) groups is 2. The topological polar surface area (TPSA) is 101 Å². The number of imide groups is 1. The van der Waals surface area contributed by atoms with E-state index < -0.39 is 11.8 Å². The van der Waals surface area contributed by atoms with E-state index in [0.717, 1.165) is 23.4 Å². The van der Waals surface area contributed by atoms with Gasteiger partial charge in [-0.1, -0.05) is 43.1 Å². The highest BCUT2D eigenvalue weighted by atomic mass is 35.5. The van der Waals surface area contributed by atoms with Gasteiger partial charge >= 0.3 is 0 Å². The van der Waals surface area contributed by atoms with Gasteiger partial charge in [0.05, 0.1) is 30.1 Å². The third-order valence-corrected chi connectivity index (χ3v) is 7.04. The van der Waals surface area contributed by atoms with Crippen LogP contribution in [0.15, 0.2) is 94.3 Å². The van der Waals surface area contributed by atoms with E-state index in [4.69, 9.17) is 25.9 Å². The van der Waals surface area contributed by atoms with Crippen LogP contribution in [0.2, 0.25) is 5.02 Å². The van der Waals surface area contributed by atoms with E-state index in [2.05, 4.69) is 6.92 Å². The van der Waals surface area contributed by atoms with Gasteiger partial charge in [0, 0.05) is 22.9 Å². The van der Waals surface area contributed by atoms with E-state index in [1.54, 1.807) is 48.1 Å². The van der Waals surface area contributed by atoms with Crippen molar-refractivity contribution in [1.29, 1.82) is 5.26 Å². The molecule has 0 saturated carbocycles. The number of ether oxygens (including phenoxy) is 1. The lowest BCUT2D eigenvalue weighted by Gasteiger charge is -2.26. The number of hydrogen-bond acceptors (Lipinski definition) is 6. The number of amides is 2. The number of unbranched alkanes of at least 4 members (excludes halogenated alkanes) is 1. The second-order valence-electron chi connectivity index (χ2n) is 9.51. The predicted octanol–water partition coefficient (Wildman–Crippen LogP) is 6.76. The molecule has 4 aromatic rings. The molecule has 2 aromatic carbocycles. The fraction of sp³-hybridized carbons (Fsp3) is 0.188. The number of benzene rings is 2. The first-order chi connectivity index (χ1) is 19.9. The Labute approximate surface area is 242 Å². The summed E-state index contributed by atoms with van der Waals surface area (Å²) in [5, 5.41) is 15.1. The van der Waals surface area contributed by atoms with Crippen molar-refractivity contribution < 1.29 is 18.7 Å². The summed E-state index contributed by atoms with van der Waals surface area (Å²) in [5.74, 6) is -0.178. The maximum Gasteiger partial charge on any atom is 0.272 e. The summed E-state index contributed by atoms with van der Waals surface area (Å²) in [7, 11) is 0. The fourth-order valence-electron chi connectivity index (χ4n) is 4.51. The Morgan fingerprint density at radius 2 is 1.90 bits per heavy atom. The maximum atomic E-state index is 13.7. The molecule has 2 aromatic heterocycles. The highest BCUT2D eigenvalue weighted by Crippen LogP contribution is 2.35. The summed E-state index contributed by atoms with van der Waals surface area (Å²) >= 11 is 6.59. The Balaban J connectivity index is 1.62. The van der Waals surface area contributed by atoms with Gasteiger partial charge in [-0.25, -0.2) is 4.68 Å². The number of nitriles is 1. The SMILES string of the molecule is CCCCOc1ccc(-c2nn(-c3ccccc3)cc2/C=C2/C(=O)N(Cc3ccco3)C(=O)C(C#N)=C2C)cc1Cl. The first-order valence-corrected chi connectivity index (χ1v) is 13.6. The van der Waals surface area contributed by atoms with Crippen molar-refractivity contribution in [3.8, 4) is 28.8 Å². The van der Waals surface area contributed by atoms with Crippen molar-refractivity contribution >= 4 is 29.5 Å². The quantitative estimate of drug-likeness (QED) is 0.126. The van der Waals surface area contributed by atoms with Gasteiger partial charge in [0.25, 0.3) is 11.8 Å². The lowest BCUT2D eigenvalue weighted by molar-refractivity contribution is -0.141. The van der Waals surface area contributed by atoms with E-state index >= 15 is 0 Å². The molecule has 0 aliphatic carbocycles. The molecule has 0 saturated heterocycles. The molecule has 0 fully saturated rings. The number of carbonyl (C=O) groups excluding carboxylic acids is 2. The fourth-order valence-corrected chi connectivity index (χ4v) is 4.74. The third-order valence-electron chi connectivity index (χ3n) is 6.74. The van der Waals surface area contributed by atoms with Crippen molar-refractivity contribution in [2.75, 3.05) is 6.61 Å². The van der Waals surface area contributed by atoms with Gasteiger partial charge in [-0.15, -0.1) is 0 Å². The third kappa shape index (κ3) is 5.72. The predicted molar refractivity (Wildman–Crippen MR) is 155 cm³/mol. The normalized spacial score (nSPS) is 14.6. The number of aromatic nitrogens is 2. The van der Waals surface area contributed by atoms with Gasteiger partial charge in [-0.2, -0.15) is 10.4 Å². The molecule has 9 heteroatoms. The average molecular weight is 567 g/mol. The molecule has 5 rings (SSSR count). The van der Waals surface area contributed by atoms with Crippen molar-refractivity contribution in [2.24, 2.45) is 0 Å². The number of hydrogen-bond donors (Lipinski definition) is 0. The van der Waals surface area contributed by atoms with E-state index in [9.17, 15) is 14.9 Å². The number of para-hydroxylation sites is 1. The van der Waals surface area contributed by atoms with E-state index in [1.165, 1.54) is 6.26 Å². The molecule has 0 bridgehead atoms. The molecule has 0 unspecified atom stereocenters. The van der Waals surface area contributed by atoms with Crippen LogP contribution in [0.4, 0.5) is 0 Å². The average Bonchev–Trinajstić information content (AvgIpc) is 3.65. The summed E-state index contributed by atoms with van der Waals surface area (Å²) in [5.41, 5.74) is 3.12. The molecular weight excluding hydrogens is 540 g/mol. The van der Waals surface area contributed by atoms with Crippen LogP contribution >= 0.6 is 11.6 Å². The van der Waals surface area contributed by atoms with Crippen molar-refractivity contribution in [1.82, 2.24) is 14.7 Å². The molecule has 3 heterocycles. The highest BCUT2D eigenvalue weighted by molar-refractivity contribution is 6.32. The minimum absolute atomic E-state index is 0.0916. The molecular formula is C32H27ClN4O4. The number of halogens is 1. The molecule has 206 valence electrons. The Morgan fingerprint density at radius 3 is 2.59 bits per heavy atom. The van der Waals surface area contributed by atoms with Gasteiger partial charge in [0.1, 0.15) is 28.8 Å². The number of furan rings is 1. The summed E-state index contributed by atoms with van der Waals surface area (Å²) < 4.78 is 12.9. The molecule has 0 atom stereocenters. The molecule has 41 heavy (non-hydrogen) atoms. The Morgan fingerprint density at radius 1 is 1.10 bits per heavy atom. The van der Waals surface area contributed by atoms with Gasteiger partial charge < -0.3 is 9.15 Å². The van der Waals surface area contributed by atoms with Gasteiger partial charge in [0.15, 0.2) is 0 Å². The molecule has 8 nitrogen and oxygen atoms in total. The number of rotatable bonds is 9. The molecule has 0 spiro atoms. The monoisotopic (exact) mass is 566 g/mol. The second-order valence-corrected chi connectivity index (χ2v) is 9.91. The van der Waals surface area contributed by atoms with E-state index in [-0.39, 0.29) is 17.7 Å². The van der Waals surface area contributed by atoms with Crippen LogP contribution in [0.5, 0.6) is 5.75 Å². The zero-order chi connectivity index (χ0) is 28.9. The van der Waals surface area contributed by atoms with Crippen molar-refractivity contribution in [3.05, 3.63) is 106 Å². The summed E-state index contributed by atoms with van der Waals surface area (Å²) in [6.07, 6.45) is 6.86. The molecule has 2 amide bonds. The molecule has 0 N–H and O–H groups in total. The van der Waals surface area contributed by atoms with Crippen molar-refractivity contribution in [3.63, 3.8) is 0 Å². The van der Waals surface area contributed by atoms with Crippen LogP contribution in [-0.2, 0) is 16.1 Å². The minimum Gasteiger partial charge on any atom is -0.492 e. The van der Waals surface area contributed by atoms with E-state index in [0.29, 0.717) is 45.5 Å². The lowest BCUT2D eigenvalue weighted by Crippen LogP contribution is -2.42. The first-order valence-electron chi connectivity index (χ1n) is 13.2. The number of nitrogens with zero attached hydrogens (tertiary/aromatic N) is 4.